The monoisotopic (exact) mass is 386 g/mol. The molecule has 5 nitrogen and oxygen atoms in total. The summed E-state index contributed by atoms with van der Waals surface area (Å²) in [7, 11) is 0. The van der Waals surface area contributed by atoms with Crippen LogP contribution in [0.4, 0.5) is 0 Å². The molecular formula is C23H34N2O3. The van der Waals surface area contributed by atoms with Crippen molar-refractivity contribution in [2.45, 2.75) is 71.3 Å². The Labute approximate surface area is 168 Å². The molecule has 1 aliphatic heterocycles. The number of nitrogens with one attached hydrogen (secondary N) is 2. The normalized spacial score (nSPS) is 47.9. The number of rotatable bonds is 3. The molecule has 0 spiro atoms. The standard InChI is InChI=1S/C23H34N2O3/c1-22-8-5-14(25-28-15-7-10-24-13-15)11-19(22)20(26)12-16-17-3-4-21(27)23(17,2)9-6-18(16)22/h11,15-19,24-25H,3-10,12-13H2,1-2H3/t15?,16-,17-,18-,19?,22+,23-/m0/s1. The summed E-state index contributed by atoms with van der Waals surface area (Å²) < 4.78 is 0. The second-order valence-corrected chi connectivity index (χ2v) is 10.5. The summed E-state index contributed by atoms with van der Waals surface area (Å²) in [5, 5.41) is 3.31. The topological polar surface area (TPSA) is 67.4 Å². The third-order valence-electron chi connectivity index (χ3n) is 9.16. The van der Waals surface area contributed by atoms with E-state index in [0.29, 0.717) is 35.7 Å². The van der Waals surface area contributed by atoms with Crippen molar-refractivity contribution >= 4 is 11.6 Å². The lowest BCUT2D eigenvalue weighted by Crippen LogP contribution is -2.55. The van der Waals surface area contributed by atoms with Crippen LogP contribution in [0.15, 0.2) is 11.8 Å². The lowest BCUT2D eigenvalue weighted by Gasteiger charge is -2.58. The first kappa shape index (κ1) is 18.8. The molecule has 1 saturated heterocycles. The summed E-state index contributed by atoms with van der Waals surface area (Å²) in [4.78, 5) is 31.7. The van der Waals surface area contributed by atoms with Crippen LogP contribution >= 0.6 is 0 Å². The lowest BCUT2D eigenvalue weighted by molar-refractivity contribution is -0.149. The Hall–Kier alpha value is -1.20. The molecule has 0 bridgehead atoms. The van der Waals surface area contributed by atoms with E-state index in [-0.39, 0.29) is 22.9 Å². The Balaban J connectivity index is 1.35. The van der Waals surface area contributed by atoms with Crippen LogP contribution in [0.3, 0.4) is 0 Å². The van der Waals surface area contributed by atoms with E-state index in [9.17, 15) is 9.59 Å². The first-order chi connectivity index (χ1) is 13.4. The van der Waals surface area contributed by atoms with Gasteiger partial charge in [0.05, 0.1) is 6.10 Å². The average Bonchev–Trinajstić information content (AvgIpc) is 3.29. The number of carbonyl (C=O) groups excluding carboxylic acids is 2. The van der Waals surface area contributed by atoms with Crippen molar-refractivity contribution in [3.63, 3.8) is 0 Å². The number of hydroxylamine groups is 1. The fraction of sp³-hybridized carbons (Fsp3) is 0.826. The average molecular weight is 387 g/mol. The number of hydrogen-bond donors (Lipinski definition) is 2. The van der Waals surface area contributed by atoms with Gasteiger partial charge in [-0.25, -0.2) is 0 Å². The Kier molecular flexibility index (Phi) is 4.48. The van der Waals surface area contributed by atoms with Gasteiger partial charge in [0.1, 0.15) is 11.6 Å². The van der Waals surface area contributed by atoms with Crippen LogP contribution in [0.1, 0.15) is 65.2 Å². The Bertz CT molecular complexity index is 713. The van der Waals surface area contributed by atoms with Gasteiger partial charge in [-0.15, -0.1) is 0 Å². The minimum Gasteiger partial charge on any atom is -0.314 e. The van der Waals surface area contributed by atoms with Gasteiger partial charge in [-0.2, -0.15) is 0 Å². The second-order valence-electron chi connectivity index (χ2n) is 10.5. The summed E-state index contributed by atoms with van der Waals surface area (Å²) in [6.07, 6.45) is 9.91. The number of hydrogen-bond acceptors (Lipinski definition) is 5. The van der Waals surface area contributed by atoms with E-state index in [1.807, 2.05) is 0 Å². The van der Waals surface area contributed by atoms with Gasteiger partial charge in [0.25, 0.3) is 0 Å². The van der Waals surface area contributed by atoms with E-state index in [0.717, 1.165) is 63.7 Å². The summed E-state index contributed by atoms with van der Waals surface area (Å²) in [6.45, 7) is 6.43. The van der Waals surface area contributed by atoms with Crippen LogP contribution in [-0.2, 0) is 14.4 Å². The zero-order chi connectivity index (χ0) is 19.5. The summed E-state index contributed by atoms with van der Waals surface area (Å²) >= 11 is 0. The molecule has 2 N–H and O–H groups in total. The van der Waals surface area contributed by atoms with Gasteiger partial charge >= 0.3 is 0 Å². The summed E-state index contributed by atoms with van der Waals surface area (Å²) in [5.74, 6) is 2.22. The SMILES string of the molecule is C[C@]12CCC(NOC3CCNC3)=CC1C(=O)C[C@@H]1[C@@H]2CC[C@]2(C)C(=O)CC[C@@H]12. The molecule has 4 aliphatic carbocycles. The molecule has 0 amide bonds. The van der Waals surface area contributed by atoms with Crippen LogP contribution in [0.5, 0.6) is 0 Å². The third-order valence-corrected chi connectivity index (χ3v) is 9.16. The number of allylic oxidation sites excluding steroid dienone is 2. The molecule has 0 aromatic rings. The quantitative estimate of drug-likeness (QED) is 0.730. The highest BCUT2D eigenvalue weighted by molar-refractivity contribution is 5.88. The van der Waals surface area contributed by atoms with E-state index < -0.39 is 0 Å². The van der Waals surface area contributed by atoms with Crippen molar-refractivity contribution in [3.8, 4) is 0 Å². The van der Waals surface area contributed by atoms with Gasteiger partial charge in [-0.05, 0) is 68.2 Å². The molecule has 154 valence electrons. The van der Waals surface area contributed by atoms with Crippen LogP contribution in [0, 0.1) is 34.5 Å². The summed E-state index contributed by atoms with van der Waals surface area (Å²) in [5.41, 5.74) is 4.13. The van der Waals surface area contributed by atoms with Crippen LogP contribution in [0.25, 0.3) is 0 Å². The molecule has 2 unspecified atom stereocenters. The van der Waals surface area contributed by atoms with Crippen molar-refractivity contribution in [2.75, 3.05) is 13.1 Å². The number of carbonyl (C=O) groups is 2. The largest absolute Gasteiger partial charge is 0.314 e. The number of ketones is 2. The van der Waals surface area contributed by atoms with E-state index >= 15 is 0 Å². The first-order valence-electron chi connectivity index (χ1n) is 11.3. The molecule has 28 heavy (non-hydrogen) atoms. The molecular weight excluding hydrogens is 352 g/mol. The molecule has 5 aliphatic rings. The van der Waals surface area contributed by atoms with Crippen molar-refractivity contribution in [2.24, 2.45) is 34.5 Å². The molecule has 0 radical (unpaired) electrons. The van der Waals surface area contributed by atoms with Gasteiger partial charge < -0.3 is 5.32 Å². The Morgan fingerprint density at radius 3 is 2.75 bits per heavy atom. The van der Waals surface area contributed by atoms with Crippen LogP contribution < -0.4 is 10.8 Å². The maximum atomic E-state index is 13.3. The predicted molar refractivity (Wildman–Crippen MR) is 106 cm³/mol. The van der Waals surface area contributed by atoms with E-state index in [1.165, 1.54) is 0 Å². The third kappa shape index (κ3) is 2.72. The van der Waals surface area contributed by atoms with E-state index in [4.69, 9.17) is 4.84 Å². The number of fused-ring (bicyclic) bond motifs is 5. The second kappa shape index (κ2) is 6.66. The highest BCUT2D eigenvalue weighted by Gasteiger charge is 2.61. The van der Waals surface area contributed by atoms with Gasteiger partial charge in [0, 0.05) is 36.4 Å². The van der Waals surface area contributed by atoms with Crippen molar-refractivity contribution < 1.29 is 14.4 Å². The van der Waals surface area contributed by atoms with Crippen molar-refractivity contribution in [1.29, 1.82) is 0 Å². The Morgan fingerprint density at radius 1 is 1.11 bits per heavy atom. The molecule has 0 aromatic carbocycles. The highest BCUT2D eigenvalue weighted by atomic mass is 16.7. The summed E-state index contributed by atoms with van der Waals surface area (Å²) in [6, 6.07) is 0. The van der Waals surface area contributed by atoms with Gasteiger partial charge in [0.2, 0.25) is 0 Å². The fourth-order valence-corrected chi connectivity index (χ4v) is 7.41. The van der Waals surface area contributed by atoms with Gasteiger partial charge in [-0.1, -0.05) is 19.9 Å². The fourth-order valence-electron chi connectivity index (χ4n) is 7.41. The zero-order valence-electron chi connectivity index (χ0n) is 17.3. The minimum atomic E-state index is -0.162. The van der Waals surface area contributed by atoms with Crippen molar-refractivity contribution in [3.05, 3.63) is 11.8 Å². The molecule has 5 heteroatoms. The molecule has 7 atom stereocenters. The van der Waals surface area contributed by atoms with Crippen LogP contribution in [0.2, 0.25) is 0 Å². The van der Waals surface area contributed by atoms with Gasteiger partial charge in [0.15, 0.2) is 0 Å². The van der Waals surface area contributed by atoms with E-state index in [2.05, 4.69) is 30.7 Å². The first-order valence-corrected chi connectivity index (χ1v) is 11.3. The van der Waals surface area contributed by atoms with Crippen LogP contribution in [-0.4, -0.2) is 30.8 Å². The van der Waals surface area contributed by atoms with E-state index in [1.54, 1.807) is 0 Å². The molecule has 1 heterocycles. The Morgan fingerprint density at radius 2 is 1.96 bits per heavy atom. The predicted octanol–water partition coefficient (Wildman–Crippen LogP) is 3.15. The molecule has 0 aromatic heterocycles. The van der Waals surface area contributed by atoms with Gasteiger partial charge in [-0.3, -0.25) is 19.9 Å². The smallest absolute Gasteiger partial charge is 0.140 e. The molecule has 3 saturated carbocycles. The van der Waals surface area contributed by atoms with Crippen molar-refractivity contribution in [1.82, 2.24) is 10.8 Å². The lowest BCUT2D eigenvalue weighted by atomic mass is 9.46. The molecule has 5 rings (SSSR count). The zero-order valence-corrected chi connectivity index (χ0v) is 17.3. The highest BCUT2D eigenvalue weighted by Crippen LogP contribution is 2.64. The maximum absolute atomic E-state index is 13.3. The minimum absolute atomic E-state index is 0.00300. The molecule has 4 fully saturated rings. The number of Topliss-reactive ketones (excluding diaryl/α,β-unsaturated/α-hetero) is 2. The maximum Gasteiger partial charge on any atom is 0.140 e.